The predicted octanol–water partition coefficient (Wildman–Crippen LogP) is 2.86. The fraction of sp³-hybridized carbons (Fsp3) is 0.0667. The molecule has 22 heavy (non-hydrogen) atoms. The highest BCUT2D eigenvalue weighted by atomic mass is 32.2. The molecule has 0 radical (unpaired) electrons. The van der Waals surface area contributed by atoms with E-state index in [1.165, 1.54) is 18.0 Å². The van der Waals surface area contributed by atoms with Gasteiger partial charge in [-0.1, -0.05) is 11.8 Å². The molecule has 6 nitrogen and oxygen atoms in total. The molecule has 0 aromatic carbocycles. The molecule has 0 unspecified atom stereocenters. The molecule has 3 aromatic heterocycles. The summed E-state index contributed by atoms with van der Waals surface area (Å²) in [6, 6.07) is 10.8. The van der Waals surface area contributed by atoms with Gasteiger partial charge in [-0.2, -0.15) is 0 Å². The van der Waals surface area contributed by atoms with Crippen LogP contribution in [0.25, 0.3) is 11.3 Å². The van der Waals surface area contributed by atoms with E-state index in [2.05, 4.69) is 20.5 Å². The summed E-state index contributed by atoms with van der Waals surface area (Å²) in [6.45, 7) is 0. The minimum atomic E-state index is -0.153. The van der Waals surface area contributed by atoms with Crippen LogP contribution >= 0.6 is 11.8 Å². The Morgan fingerprint density at radius 1 is 1.14 bits per heavy atom. The molecule has 0 aliphatic rings. The molecule has 0 saturated heterocycles. The first kappa shape index (κ1) is 14.3. The summed E-state index contributed by atoms with van der Waals surface area (Å²) in [5.74, 6) is 0.522. The lowest BCUT2D eigenvalue weighted by atomic mass is 10.2. The molecular formula is C15H12N4O2S. The molecule has 3 heterocycles. The highest BCUT2D eigenvalue weighted by Gasteiger charge is 2.07. The first-order valence-electron chi connectivity index (χ1n) is 6.51. The normalized spacial score (nSPS) is 10.4. The minimum Gasteiger partial charge on any atom is -0.449 e. The Bertz CT molecular complexity index is 730. The number of anilines is 1. The topological polar surface area (TPSA) is 80.9 Å². The van der Waals surface area contributed by atoms with Crippen molar-refractivity contribution in [3.05, 3.63) is 55.1 Å². The quantitative estimate of drug-likeness (QED) is 0.730. The highest BCUT2D eigenvalue weighted by molar-refractivity contribution is 7.99. The van der Waals surface area contributed by atoms with Crippen LogP contribution in [0, 0.1) is 0 Å². The van der Waals surface area contributed by atoms with Gasteiger partial charge in [0, 0.05) is 24.0 Å². The van der Waals surface area contributed by atoms with E-state index in [1.807, 2.05) is 24.3 Å². The van der Waals surface area contributed by atoms with Crippen molar-refractivity contribution in [2.24, 2.45) is 0 Å². The summed E-state index contributed by atoms with van der Waals surface area (Å²) >= 11 is 1.31. The molecule has 3 aromatic rings. The van der Waals surface area contributed by atoms with Crippen molar-refractivity contribution in [1.82, 2.24) is 15.2 Å². The van der Waals surface area contributed by atoms with E-state index in [4.69, 9.17) is 4.42 Å². The zero-order valence-electron chi connectivity index (χ0n) is 11.5. The van der Waals surface area contributed by atoms with Crippen molar-refractivity contribution in [3.63, 3.8) is 0 Å². The van der Waals surface area contributed by atoms with E-state index in [0.29, 0.717) is 10.9 Å². The number of furan rings is 1. The van der Waals surface area contributed by atoms with Crippen LogP contribution in [0.4, 0.5) is 5.88 Å². The maximum absolute atomic E-state index is 11.7. The molecule has 1 amide bonds. The third-order valence-electron chi connectivity index (χ3n) is 2.75. The molecule has 0 bridgehead atoms. The Labute approximate surface area is 131 Å². The van der Waals surface area contributed by atoms with Crippen molar-refractivity contribution in [1.29, 1.82) is 0 Å². The zero-order chi connectivity index (χ0) is 15.2. The highest BCUT2D eigenvalue weighted by Crippen LogP contribution is 2.19. The molecular weight excluding hydrogens is 300 g/mol. The Hall–Kier alpha value is -2.67. The van der Waals surface area contributed by atoms with Crippen molar-refractivity contribution in [2.45, 2.75) is 5.03 Å². The molecule has 0 aliphatic heterocycles. The number of pyridine rings is 1. The lowest BCUT2D eigenvalue weighted by Gasteiger charge is -2.03. The largest absolute Gasteiger partial charge is 0.449 e. The molecule has 0 fully saturated rings. The van der Waals surface area contributed by atoms with Gasteiger partial charge >= 0.3 is 0 Å². The number of nitrogens with one attached hydrogen (secondary N) is 1. The van der Waals surface area contributed by atoms with Crippen LogP contribution in [0.2, 0.25) is 0 Å². The number of nitrogens with zero attached hydrogens (tertiary/aromatic N) is 3. The summed E-state index contributed by atoms with van der Waals surface area (Å²) in [5, 5.41) is 11.6. The predicted molar refractivity (Wildman–Crippen MR) is 83.3 cm³/mol. The van der Waals surface area contributed by atoms with Crippen LogP contribution in [-0.2, 0) is 4.79 Å². The van der Waals surface area contributed by atoms with Gasteiger partial charge < -0.3 is 4.42 Å². The Balaban J connectivity index is 1.56. The average molecular weight is 312 g/mol. The molecule has 3 rings (SSSR count). The Morgan fingerprint density at radius 3 is 2.68 bits per heavy atom. The molecule has 0 aliphatic carbocycles. The Kier molecular flexibility index (Phi) is 4.45. The monoisotopic (exact) mass is 312 g/mol. The molecule has 0 saturated carbocycles. The number of thioether (sulfide) groups is 1. The van der Waals surface area contributed by atoms with Crippen LogP contribution in [0.1, 0.15) is 0 Å². The van der Waals surface area contributed by atoms with Crippen molar-refractivity contribution in [2.75, 3.05) is 11.1 Å². The van der Waals surface area contributed by atoms with Crippen LogP contribution in [0.5, 0.6) is 0 Å². The maximum atomic E-state index is 11.7. The number of carbonyl (C=O) groups excluding carboxylic acids is 1. The van der Waals surface area contributed by atoms with Gasteiger partial charge in [0.1, 0.15) is 5.03 Å². The van der Waals surface area contributed by atoms with Crippen molar-refractivity contribution in [3.8, 4) is 11.3 Å². The van der Waals surface area contributed by atoms with Crippen LogP contribution < -0.4 is 5.32 Å². The summed E-state index contributed by atoms with van der Waals surface area (Å²) in [5.41, 5.74) is 1.72. The lowest BCUT2D eigenvalue weighted by Crippen LogP contribution is -2.13. The van der Waals surface area contributed by atoms with Gasteiger partial charge in [0.2, 0.25) is 5.91 Å². The summed E-state index contributed by atoms with van der Waals surface area (Å²) in [7, 11) is 0. The summed E-state index contributed by atoms with van der Waals surface area (Å²) in [6.07, 6.45) is 4.92. The lowest BCUT2D eigenvalue weighted by molar-refractivity contribution is -0.113. The van der Waals surface area contributed by atoms with E-state index in [9.17, 15) is 4.79 Å². The molecule has 0 atom stereocenters. The first-order valence-corrected chi connectivity index (χ1v) is 7.50. The molecule has 7 heteroatoms. The second-order valence-electron chi connectivity index (χ2n) is 4.31. The summed E-state index contributed by atoms with van der Waals surface area (Å²) < 4.78 is 5.05. The van der Waals surface area contributed by atoms with E-state index >= 15 is 0 Å². The number of hydrogen-bond acceptors (Lipinski definition) is 6. The fourth-order valence-corrected chi connectivity index (χ4v) is 2.35. The van der Waals surface area contributed by atoms with Crippen LogP contribution in [0.15, 0.2) is 64.5 Å². The second kappa shape index (κ2) is 6.86. The number of carbonyl (C=O) groups is 1. The number of amides is 1. The van der Waals surface area contributed by atoms with Crippen molar-refractivity contribution >= 4 is 23.6 Å². The van der Waals surface area contributed by atoms with Gasteiger partial charge in [-0.3, -0.25) is 15.1 Å². The molecule has 0 spiro atoms. The van der Waals surface area contributed by atoms with Gasteiger partial charge in [0.25, 0.3) is 0 Å². The van der Waals surface area contributed by atoms with Crippen LogP contribution in [0.3, 0.4) is 0 Å². The number of aromatic nitrogens is 3. The van der Waals surface area contributed by atoms with E-state index in [0.717, 1.165) is 11.3 Å². The smallest absolute Gasteiger partial charge is 0.237 e. The average Bonchev–Trinajstić information content (AvgIpc) is 3.07. The summed E-state index contributed by atoms with van der Waals surface area (Å²) in [4.78, 5) is 15.7. The fourth-order valence-electron chi connectivity index (χ4n) is 1.74. The van der Waals surface area contributed by atoms with Crippen molar-refractivity contribution < 1.29 is 9.21 Å². The van der Waals surface area contributed by atoms with Gasteiger partial charge in [0.15, 0.2) is 5.88 Å². The Morgan fingerprint density at radius 2 is 2.00 bits per heavy atom. The third-order valence-corrected chi connectivity index (χ3v) is 3.67. The van der Waals surface area contributed by atoms with Gasteiger partial charge in [-0.05, 0) is 30.3 Å². The molecule has 1 N–H and O–H groups in total. The van der Waals surface area contributed by atoms with Crippen LogP contribution in [-0.4, -0.2) is 26.8 Å². The SMILES string of the molecule is O=C(CSc1ccc(-c2ccncc2)nn1)Nc1ccco1. The minimum absolute atomic E-state index is 0.153. The van der Waals surface area contributed by atoms with E-state index in [1.54, 1.807) is 24.5 Å². The zero-order valence-corrected chi connectivity index (χ0v) is 12.3. The third kappa shape index (κ3) is 3.70. The number of hydrogen-bond donors (Lipinski definition) is 1. The van der Waals surface area contributed by atoms with Gasteiger partial charge in [-0.15, -0.1) is 10.2 Å². The second-order valence-corrected chi connectivity index (χ2v) is 5.30. The van der Waals surface area contributed by atoms with E-state index in [-0.39, 0.29) is 11.7 Å². The number of rotatable bonds is 5. The maximum Gasteiger partial charge on any atom is 0.237 e. The van der Waals surface area contributed by atoms with Gasteiger partial charge in [0.05, 0.1) is 17.7 Å². The van der Waals surface area contributed by atoms with E-state index < -0.39 is 0 Å². The van der Waals surface area contributed by atoms with Gasteiger partial charge in [-0.25, -0.2) is 0 Å². The first-order chi connectivity index (χ1) is 10.8. The molecule has 110 valence electrons. The standard InChI is InChI=1S/C15H12N4O2S/c20-13(17-14-2-1-9-21-14)10-22-15-4-3-12(18-19-15)11-5-7-16-8-6-11/h1-9H,10H2,(H,17,20).